The Hall–Kier alpha value is -1.95. The van der Waals surface area contributed by atoms with Crippen molar-refractivity contribution in [2.24, 2.45) is 0 Å². The lowest BCUT2D eigenvalue weighted by molar-refractivity contribution is -0.383. The van der Waals surface area contributed by atoms with Crippen molar-refractivity contribution < 1.29 is 9.66 Å². The monoisotopic (exact) mass is 247 g/mol. The molecule has 1 atom stereocenters. The molecule has 0 bridgehead atoms. The van der Waals surface area contributed by atoms with Crippen LogP contribution in [0.2, 0.25) is 0 Å². The molecule has 1 saturated heterocycles. The van der Waals surface area contributed by atoms with Gasteiger partial charge in [-0.3, -0.25) is 10.1 Å². The minimum absolute atomic E-state index is 0.0922. The van der Waals surface area contributed by atoms with Gasteiger partial charge >= 0.3 is 0 Å². The first-order valence-electron chi connectivity index (χ1n) is 5.99. The molecule has 6 nitrogen and oxygen atoms in total. The van der Waals surface area contributed by atoms with E-state index in [2.05, 4.69) is 5.10 Å². The standard InChI is InChI=1S/C12H13N3O3/c16-15(17)11-5-3-4-10-9(11)8-13-14(10)12-6-1-2-7-18-12/h3-5,8,12H,1-2,6-7H2/t12-/m0/s1. The van der Waals surface area contributed by atoms with E-state index in [0.29, 0.717) is 5.39 Å². The fourth-order valence-electron chi connectivity index (χ4n) is 2.36. The van der Waals surface area contributed by atoms with Gasteiger partial charge in [0, 0.05) is 12.7 Å². The number of nitrogens with zero attached hydrogens (tertiary/aromatic N) is 3. The summed E-state index contributed by atoms with van der Waals surface area (Å²) in [6.07, 6.45) is 4.51. The number of nitro benzene ring substituents is 1. The van der Waals surface area contributed by atoms with Crippen LogP contribution in [0.5, 0.6) is 0 Å². The number of aromatic nitrogens is 2. The van der Waals surface area contributed by atoms with Gasteiger partial charge in [0.2, 0.25) is 0 Å². The van der Waals surface area contributed by atoms with Crippen LogP contribution in [-0.2, 0) is 4.74 Å². The highest BCUT2D eigenvalue weighted by Crippen LogP contribution is 2.30. The summed E-state index contributed by atoms with van der Waals surface area (Å²) in [5.41, 5.74) is 0.852. The van der Waals surface area contributed by atoms with Crippen molar-refractivity contribution in [2.45, 2.75) is 25.5 Å². The number of non-ortho nitro benzene ring substituents is 1. The first-order chi connectivity index (χ1) is 8.77. The quantitative estimate of drug-likeness (QED) is 0.604. The second-order valence-corrected chi connectivity index (χ2v) is 4.38. The van der Waals surface area contributed by atoms with E-state index in [9.17, 15) is 10.1 Å². The molecule has 0 radical (unpaired) electrons. The molecule has 94 valence electrons. The van der Waals surface area contributed by atoms with Crippen molar-refractivity contribution in [2.75, 3.05) is 6.61 Å². The molecule has 0 spiro atoms. The molecule has 1 aromatic carbocycles. The average molecular weight is 247 g/mol. The lowest BCUT2D eigenvalue weighted by atomic mass is 10.2. The number of ether oxygens (including phenoxy) is 1. The largest absolute Gasteiger partial charge is 0.356 e. The number of fused-ring (bicyclic) bond motifs is 1. The topological polar surface area (TPSA) is 70.2 Å². The van der Waals surface area contributed by atoms with Gasteiger partial charge < -0.3 is 4.74 Å². The molecule has 0 unspecified atom stereocenters. The smallest absolute Gasteiger partial charge is 0.280 e. The third-order valence-corrected chi connectivity index (χ3v) is 3.24. The van der Waals surface area contributed by atoms with Gasteiger partial charge in [-0.15, -0.1) is 0 Å². The van der Waals surface area contributed by atoms with Crippen LogP contribution < -0.4 is 0 Å². The minimum atomic E-state index is -0.379. The molecule has 0 aliphatic carbocycles. The minimum Gasteiger partial charge on any atom is -0.356 e. The predicted molar refractivity (Wildman–Crippen MR) is 65.2 cm³/mol. The molecule has 6 heteroatoms. The zero-order chi connectivity index (χ0) is 12.5. The molecule has 3 rings (SSSR count). The third kappa shape index (κ3) is 1.74. The van der Waals surface area contributed by atoms with Crippen molar-refractivity contribution in [3.8, 4) is 0 Å². The van der Waals surface area contributed by atoms with Crippen molar-refractivity contribution in [1.29, 1.82) is 0 Å². The summed E-state index contributed by atoms with van der Waals surface area (Å²) in [6.45, 7) is 0.723. The number of hydrogen-bond acceptors (Lipinski definition) is 4. The van der Waals surface area contributed by atoms with Gasteiger partial charge in [0.15, 0.2) is 6.23 Å². The lowest BCUT2D eigenvalue weighted by Gasteiger charge is -2.23. The van der Waals surface area contributed by atoms with Gasteiger partial charge in [0.05, 0.1) is 22.0 Å². The average Bonchev–Trinajstić information content (AvgIpc) is 2.83. The number of rotatable bonds is 2. The van der Waals surface area contributed by atoms with Crippen LogP contribution in [0.4, 0.5) is 5.69 Å². The van der Waals surface area contributed by atoms with Crippen LogP contribution in [0, 0.1) is 10.1 Å². The van der Waals surface area contributed by atoms with Gasteiger partial charge in [-0.2, -0.15) is 5.10 Å². The van der Waals surface area contributed by atoms with Crippen molar-refractivity contribution in [1.82, 2.24) is 9.78 Å². The molecule has 0 saturated carbocycles. The van der Waals surface area contributed by atoms with Crippen molar-refractivity contribution in [3.63, 3.8) is 0 Å². The van der Waals surface area contributed by atoms with E-state index >= 15 is 0 Å². The molecular formula is C12H13N3O3. The molecule has 2 heterocycles. The van der Waals surface area contributed by atoms with Gasteiger partial charge in [-0.05, 0) is 25.3 Å². The Labute approximate surface area is 103 Å². The van der Waals surface area contributed by atoms with Crippen LogP contribution in [0.25, 0.3) is 10.9 Å². The Balaban J connectivity index is 2.08. The van der Waals surface area contributed by atoms with Gasteiger partial charge in [0.25, 0.3) is 5.69 Å². The molecule has 1 aliphatic rings. The normalized spacial score (nSPS) is 20.1. The van der Waals surface area contributed by atoms with Crippen LogP contribution >= 0.6 is 0 Å². The van der Waals surface area contributed by atoms with Crippen LogP contribution in [-0.4, -0.2) is 21.3 Å². The van der Waals surface area contributed by atoms with E-state index < -0.39 is 0 Å². The van der Waals surface area contributed by atoms with Gasteiger partial charge in [0.1, 0.15) is 0 Å². The van der Waals surface area contributed by atoms with E-state index in [1.54, 1.807) is 16.9 Å². The highest BCUT2D eigenvalue weighted by Gasteiger charge is 2.21. The predicted octanol–water partition coefficient (Wildman–Crippen LogP) is 2.64. The second kappa shape index (κ2) is 4.38. The van der Waals surface area contributed by atoms with Crippen molar-refractivity contribution >= 4 is 16.6 Å². The lowest BCUT2D eigenvalue weighted by Crippen LogP contribution is -2.18. The molecule has 2 aromatic rings. The maximum atomic E-state index is 10.9. The summed E-state index contributed by atoms with van der Waals surface area (Å²) in [6, 6.07) is 5.02. The van der Waals surface area contributed by atoms with E-state index in [1.807, 2.05) is 6.07 Å². The van der Waals surface area contributed by atoms with E-state index in [4.69, 9.17) is 4.74 Å². The summed E-state index contributed by atoms with van der Waals surface area (Å²) < 4.78 is 7.41. The summed E-state index contributed by atoms with van der Waals surface area (Å²) >= 11 is 0. The van der Waals surface area contributed by atoms with Crippen LogP contribution in [0.15, 0.2) is 24.4 Å². The maximum absolute atomic E-state index is 10.9. The first-order valence-corrected chi connectivity index (χ1v) is 5.99. The Kier molecular flexibility index (Phi) is 2.71. The highest BCUT2D eigenvalue weighted by atomic mass is 16.6. The number of nitro groups is 1. The Morgan fingerprint density at radius 3 is 3.06 bits per heavy atom. The zero-order valence-electron chi connectivity index (χ0n) is 9.78. The van der Waals surface area contributed by atoms with Crippen molar-refractivity contribution in [3.05, 3.63) is 34.5 Å². The van der Waals surface area contributed by atoms with Gasteiger partial charge in [-0.25, -0.2) is 4.68 Å². The Bertz CT molecular complexity index is 587. The Morgan fingerprint density at radius 2 is 2.33 bits per heavy atom. The SMILES string of the molecule is O=[N+]([O-])c1cccc2c1cnn2[C@@H]1CCCCO1. The summed E-state index contributed by atoms with van der Waals surface area (Å²) in [4.78, 5) is 10.6. The summed E-state index contributed by atoms with van der Waals surface area (Å²) in [5.74, 6) is 0. The number of benzene rings is 1. The fraction of sp³-hybridized carbons (Fsp3) is 0.417. The van der Waals surface area contributed by atoms with E-state index in [1.165, 1.54) is 6.07 Å². The molecule has 0 amide bonds. The van der Waals surface area contributed by atoms with E-state index in [0.717, 1.165) is 31.4 Å². The second-order valence-electron chi connectivity index (χ2n) is 4.38. The third-order valence-electron chi connectivity index (χ3n) is 3.24. The molecular weight excluding hydrogens is 234 g/mol. The summed E-state index contributed by atoms with van der Waals surface area (Å²) in [5, 5.41) is 15.8. The maximum Gasteiger partial charge on any atom is 0.280 e. The zero-order valence-corrected chi connectivity index (χ0v) is 9.78. The van der Waals surface area contributed by atoms with Crippen LogP contribution in [0.1, 0.15) is 25.5 Å². The summed E-state index contributed by atoms with van der Waals surface area (Å²) in [7, 11) is 0. The fourth-order valence-corrected chi connectivity index (χ4v) is 2.36. The van der Waals surface area contributed by atoms with Gasteiger partial charge in [-0.1, -0.05) is 6.07 Å². The Morgan fingerprint density at radius 1 is 1.44 bits per heavy atom. The molecule has 0 N–H and O–H groups in total. The van der Waals surface area contributed by atoms with Crippen LogP contribution in [0.3, 0.4) is 0 Å². The number of hydrogen-bond donors (Lipinski definition) is 0. The molecule has 1 aromatic heterocycles. The van der Waals surface area contributed by atoms with E-state index in [-0.39, 0.29) is 16.8 Å². The highest BCUT2D eigenvalue weighted by molar-refractivity contribution is 5.87. The molecule has 1 fully saturated rings. The first kappa shape index (κ1) is 11.2. The molecule has 18 heavy (non-hydrogen) atoms. The molecule has 1 aliphatic heterocycles.